The summed E-state index contributed by atoms with van der Waals surface area (Å²) in [5, 5.41) is 4.02. The highest BCUT2D eigenvalue weighted by molar-refractivity contribution is 7.84. The molecular weight excluding hydrogens is 256 g/mol. The van der Waals surface area contributed by atoms with Crippen LogP contribution in [0.15, 0.2) is 0 Å². The summed E-state index contributed by atoms with van der Waals surface area (Å²) in [5.74, 6) is 0.663. The molecule has 0 aromatic heterocycles. The molecule has 1 heterocycles. The molecule has 4 atom stereocenters. The lowest BCUT2D eigenvalue weighted by Crippen LogP contribution is -2.64. The Morgan fingerprint density at radius 1 is 1.42 bits per heavy atom. The van der Waals surface area contributed by atoms with Crippen molar-refractivity contribution in [2.75, 3.05) is 25.9 Å². The molecule has 0 radical (unpaired) electrons. The Morgan fingerprint density at radius 2 is 2.05 bits per heavy atom. The van der Waals surface area contributed by atoms with E-state index in [9.17, 15) is 4.21 Å². The summed E-state index contributed by atoms with van der Waals surface area (Å²) >= 11 is 0. The molecule has 0 spiro atoms. The van der Waals surface area contributed by atoms with Crippen LogP contribution in [0.2, 0.25) is 0 Å². The van der Waals surface area contributed by atoms with Crippen molar-refractivity contribution in [1.82, 2.24) is 10.2 Å². The molecule has 4 unspecified atom stereocenters. The first kappa shape index (κ1) is 17.1. The maximum absolute atomic E-state index is 11.5. The highest BCUT2D eigenvalue weighted by Crippen LogP contribution is 2.23. The fourth-order valence-corrected chi connectivity index (χ4v) is 3.19. The molecule has 1 N–H and O–H groups in total. The van der Waals surface area contributed by atoms with Crippen LogP contribution in [0.25, 0.3) is 0 Å². The van der Waals surface area contributed by atoms with Crippen LogP contribution in [0, 0.1) is 5.92 Å². The largest absolute Gasteiger partial charge is 0.309 e. The Labute approximate surface area is 122 Å². The number of hydrogen-bond acceptors (Lipinski definition) is 3. The minimum Gasteiger partial charge on any atom is -0.309 e. The smallest absolute Gasteiger partial charge is 0.0329 e. The number of piperazine rings is 1. The maximum Gasteiger partial charge on any atom is 0.0329 e. The maximum atomic E-state index is 11.5. The van der Waals surface area contributed by atoms with Crippen molar-refractivity contribution >= 4 is 10.8 Å². The van der Waals surface area contributed by atoms with Crippen LogP contribution >= 0.6 is 0 Å². The van der Waals surface area contributed by atoms with E-state index in [4.69, 9.17) is 0 Å². The van der Waals surface area contributed by atoms with Crippen LogP contribution in [-0.4, -0.2) is 51.8 Å². The van der Waals surface area contributed by atoms with Gasteiger partial charge in [0.15, 0.2) is 0 Å². The average Bonchev–Trinajstić information content (AvgIpc) is 2.35. The van der Waals surface area contributed by atoms with Gasteiger partial charge >= 0.3 is 0 Å². The molecule has 1 fully saturated rings. The zero-order chi connectivity index (χ0) is 14.6. The summed E-state index contributed by atoms with van der Waals surface area (Å²) in [5.41, 5.74) is 0.236. The monoisotopic (exact) mass is 288 g/mol. The zero-order valence-electron chi connectivity index (χ0n) is 13.5. The minimum absolute atomic E-state index is 0.236. The molecular formula is C15H32N2OS. The van der Waals surface area contributed by atoms with Crippen molar-refractivity contribution in [2.24, 2.45) is 5.92 Å². The predicted octanol–water partition coefficient (Wildman–Crippen LogP) is 2.24. The third-order valence-electron chi connectivity index (χ3n) is 4.70. The molecule has 3 nitrogen and oxygen atoms in total. The van der Waals surface area contributed by atoms with E-state index in [1.54, 1.807) is 0 Å². The van der Waals surface area contributed by atoms with E-state index >= 15 is 0 Å². The first-order valence-electron chi connectivity index (χ1n) is 7.60. The van der Waals surface area contributed by atoms with E-state index in [-0.39, 0.29) is 5.54 Å². The molecule has 1 saturated heterocycles. The molecule has 1 aliphatic rings. The van der Waals surface area contributed by atoms with E-state index in [1.807, 2.05) is 6.26 Å². The molecule has 1 rings (SSSR count). The molecule has 0 aliphatic carbocycles. The van der Waals surface area contributed by atoms with E-state index in [0.29, 0.717) is 17.2 Å². The lowest BCUT2D eigenvalue weighted by molar-refractivity contribution is 0.0595. The zero-order valence-corrected chi connectivity index (χ0v) is 14.3. The van der Waals surface area contributed by atoms with Crippen molar-refractivity contribution in [3.8, 4) is 0 Å². The molecule has 19 heavy (non-hydrogen) atoms. The van der Waals surface area contributed by atoms with Gasteiger partial charge in [0.05, 0.1) is 0 Å². The first-order valence-corrected chi connectivity index (χ1v) is 9.22. The van der Waals surface area contributed by atoms with Crippen molar-refractivity contribution in [2.45, 2.75) is 64.3 Å². The summed E-state index contributed by atoms with van der Waals surface area (Å²) in [6.07, 6.45) is 4.01. The Hall–Kier alpha value is 0.0700. The standard InChI is InChI=1S/C15H32N2OS/c1-7-15(5)11-17(9-8-13(4)19(6)18)14(10-16-15)12(2)3/h12-14,16H,7-11H2,1-6H3. The fraction of sp³-hybridized carbons (Fsp3) is 1.00. The Kier molecular flexibility index (Phi) is 6.48. The second kappa shape index (κ2) is 7.19. The molecule has 114 valence electrons. The van der Waals surface area contributed by atoms with Crippen LogP contribution in [0.5, 0.6) is 0 Å². The van der Waals surface area contributed by atoms with Crippen LogP contribution in [0.3, 0.4) is 0 Å². The van der Waals surface area contributed by atoms with Gasteiger partial charge in [-0.05, 0) is 32.2 Å². The molecule has 0 amide bonds. The van der Waals surface area contributed by atoms with Gasteiger partial charge in [-0.3, -0.25) is 9.11 Å². The van der Waals surface area contributed by atoms with Crippen molar-refractivity contribution < 1.29 is 4.21 Å². The van der Waals surface area contributed by atoms with Gasteiger partial charge < -0.3 is 5.32 Å². The van der Waals surface area contributed by atoms with Crippen molar-refractivity contribution in [1.29, 1.82) is 0 Å². The van der Waals surface area contributed by atoms with Crippen LogP contribution in [0.4, 0.5) is 0 Å². The third kappa shape index (κ3) is 4.83. The van der Waals surface area contributed by atoms with Crippen LogP contribution < -0.4 is 5.32 Å². The van der Waals surface area contributed by atoms with Gasteiger partial charge in [0.25, 0.3) is 0 Å². The predicted molar refractivity (Wildman–Crippen MR) is 85.0 cm³/mol. The van der Waals surface area contributed by atoms with E-state index in [1.165, 1.54) is 0 Å². The van der Waals surface area contributed by atoms with Gasteiger partial charge in [0, 0.05) is 47.0 Å². The van der Waals surface area contributed by atoms with Crippen molar-refractivity contribution in [3.63, 3.8) is 0 Å². The van der Waals surface area contributed by atoms with Gasteiger partial charge in [0.2, 0.25) is 0 Å². The normalized spacial score (nSPS) is 32.5. The van der Waals surface area contributed by atoms with Gasteiger partial charge in [-0.25, -0.2) is 0 Å². The third-order valence-corrected chi connectivity index (χ3v) is 6.07. The molecule has 0 aromatic rings. The lowest BCUT2D eigenvalue weighted by Gasteiger charge is -2.47. The van der Waals surface area contributed by atoms with E-state index in [0.717, 1.165) is 32.5 Å². The Morgan fingerprint density at radius 3 is 2.53 bits per heavy atom. The summed E-state index contributed by atoms with van der Waals surface area (Å²) in [7, 11) is -0.700. The summed E-state index contributed by atoms with van der Waals surface area (Å²) in [4.78, 5) is 2.62. The van der Waals surface area contributed by atoms with Gasteiger partial charge in [-0.15, -0.1) is 0 Å². The minimum atomic E-state index is -0.700. The summed E-state index contributed by atoms with van der Waals surface area (Å²) in [6, 6.07) is 0.608. The summed E-state index contributed by atoms with van der Waals surface area (Å²) in [6.45, 7) is 14.5. The van der Waals surface area contributed by atoms with Gasteiger partial charge in [0.1, 0.15) is 0 Å². The Bertz CT molecular complexity index is 309. The fourth-order valence-electron chi connectivity index (χ4n) is 2.75. The summed E-state index contributed by atoms with van der Waals surface area (Å²) < 4.78 is 11.5. The topological polar surface area (TPSA) is 32.3 Å². The second-order valence-electron chi connectivity index (χ2n) is 6.67. The number of rotatable bonds is 6. The van der Waals surface area contributed by atoms with Gasteiger partial charge in [-0.2, -0.15) is 0 Å². The van der Waals surface area contributed by atoms with E-state index in [2.05, 4.69) is 44.8 Å². The molecule has 4 heteroatoms. The SMILES string of the molecule is CCC1(C)CN(CCC(C)S(C)=O)C(C(C)C)CN1. The lowest BCUT2D eigenvalue weighted by atomic mass is 9.90. The molecule has 0 saturated carbocycles. The second-order valence-corrected chi connectivity index (χ2v) is 8.48. The van der Waals surface area contributed by atoms with Crippen LogP contribution in [-0.2, 0) is 10.8 Å². The molecule has 0 bridgehead atoms. The number of hydrogen-bond donors (Lipinski definition) is 1. The number of nitrogens with one attached hydrogen (secondary N) is 1. The van der Waals surface area contributed by atoms with Gasteiger partial charge in [-0.1, -0.05) is 27.7 Å². The highest BCUT2D eigenvalue weighted by atomic mass is 32.2. The quantitative estimate of drug-likeness (QED) is 0.813. The van der Waals surface area contributed by atoms with Crippen LogP contribution in [0.1, 0.15) is 47.5 Å². The highest BCUT2D eigenvalue weighted by Gasteiger charge is 2.35. The Balaban J connectivity index is 2.64. The van der Waals surface area contributed by atoms with Crippen molar-refractivity contribution in [3.05, 3.63) is 0 Å². The average molecular weight is 289 g/mol. The van der Waals surface area contributed by atoms with E-state index < -0.39 is 10.8 Å². The number of nitrogens with zero attached hydrogens (tertiary/aromatic N) is 1. The molecule has 0 aromatic carbocycles. The first-order chi connectivity index (χ1) is 8.79. The molecule has 1 aliphatic heterocycles.